The second kappa shape index (κ2) is 8.36. The van der Waals surface area contributed by atoms with E-state index < -0.39 is 0 Å². The average molecular weight is 383 g/mol. The van der Waals surface area contributed by atoms with E-state index in [1.165, 1.54) is 89.3 Å². The highest BCUT2D eigenvalue weighted by Crippen LogP contribution is 2.43. The molecule has 1 aromatic rings. The molecule has 0 amide bonds. The topological polar surface area (TPSA) is 15.7 Å². The third-order valence-electron chi connectivity index (χ3n) is 8.39. The Morgan fingerprint density at radius 1 is 0.750 bits per heavy atom. The number of benzene rings is 1. The predicted molar refractivity (Wildman–Crippen MR) is 115 cm³/mol. The van der Waals surface area contributed by atoms with Crippen molar-refractivity contribution in [3.8, 4) is 5.75 Å². The van der Waals surface area contributed by atoms with Crippen molar-refractivity contribution in [2.24, 2.45) is 0 Å². The molecule has 0 N–H and O–H groups in total. The van der Waals surface area contributed by atoms with Crippen LogP contribution in [0.25, 0.3) is 0 Å². The van der Waals surface area contributed by atoms with Crippen molar-refractivity contribution in [1.29, 1.82) is 0 Å². The van der Waals surface area contributed by atoms with Gasteiger partial charge in [-0.1, -0.05) is 37.5 Å². The molecular formula is C25H38N2O. The highest BCUT2D eigenvalue weighted by Gasteiger charge is 2.45. The van der Waals surface area contributed by atoms with Crippen LogP contribution >= 0.6 is 0 Å². The van der Waals surface area contributed by atoms with Crippen molar-refractivity contribution < 1.29 is 4.74 Å². The number of nitrogens with zero attached hydrogens (tertiary/aromatic N) is 2. The van der Waals surface area contributed by atoms with Gasteiger partial charge in [0.2, 0.25) is 0 Å². The lowest BCUT2D eigenvalue weighted by molar-refractivity contribution is 0.0113. The van der Waals surface area contributed by atoms with Gasteiger partial charge in [0, 0.05) is 24.2 Å². The molecule has 0 radical (unpaired) electrons. The molecular weight excluding hydrogens is 344 g/mol. The fraction of sp³-hybridized carbons (Fsp3) is 0.760. The van der Waals surface area contributed by atoms with Crippen molar-refractivity contribution in [3.63, 3.8) is 0 Å². The number of fused-ring (bicyclic) bond motifs is 2. The maximum absolute atomic E-state index is 5.63. The lowest BCUT2D eigenvalue weighted by atomic mass is 9.85. The largest absolute Gasteiger partial charge is 0.496 e. The predicted octanol–water partition coefficient (Wildman–Crippen LogP) is 5.20. The van der Waals surface area contributed by atoms with Crippen LogP contribution in [0.2, 0.25) is 0 Å². The Hall–Kier alpha value is -1.06. The number of ether oxygens (including phenoxy) is 1. The summed E-state index contributed by atoms with van der Waals surface area (Å²) in [4.78, 5) is 5.87. The molecule has 1 aromatic carbocycles. The number of piperidine rings is 2. The maximum atomic E-state index is 5.63. The summed E-state index contributed by atoms with van der Waals surface area (Å²) in [6.45, 7) is 2.55. The molecule has 2 atom stereocenters. The summed E-state index contributed by atoms with van der Waals surface area (Å²) in [7, 11) is 1.81. The molecule has 4 aliphatic rings. The van der Waals surface area contributed by atoms with E-state index in [-0.39, 0.29) is 0 Å². The van der Waals surface area contributed by atoms with Crippen LogP contribution in [0, 0.1) is 0 Å². The quantitative estimate of drug-likeness (QED) is 0.711. The van der Waals surface area contributed by atoms with Crippen LogP contribution in [0.4, 0.5) is 0 Å². The molecule has 3 saturated heterocycles. The highest BCUT2D eigenvalue weighted by atomic mass is 16.5. The van der Waals surface area contributed by atoms with Crippen LogP contribution in [0.3, 0.4) is 0 Å². The first-order valence-corrected chi connectivity index (χ1v) is 12.0. The van der Waals surface area contributed by atoms with E-state index in [1.54, 1.807) is 0 Å². The number of para-hydroxylation sites is 1. The van der Waals surface area contributed by atoms with Crippen LogP contribution in [0.5, 0.6) is 5.75 Å². The smallest absolute Gasteiger partial charge is 0.122 e. The van der Waals surface area contributed by atoms with E-state index in [0.717, 1.165) is 29.9 Å². The van der Waals surface area contributed by atoms with Crippen molar-refractivity contribution in [3.05, 3.63) is 29.8 Å². The van der Waals surface area contributed by atoms with Gasteiger partial charge in [-0.25, -0.2) is 0 Å². The van der Waals surface area contributed by atoms with E-state index in [1.807, 2.05) is 7.11 Å². The van der Waals surface area contributed by atoms with Crippen LogP contribution < -0.4 is 4.74 Å². The summed E-state index contributed by atoms with van der Waals surface area (Å²) < 4.78 is 5.63. The van der Waals surface area contributed by atoms with Crippen LogP contribution in [0.15, 0.2) is 24.3 Å². The number of methoxy groups -OCH3 is 1. The first kappa shape index (κ1) is 18.9. The van der Waals surface area contributed by atoms with Gasteiger partial charge in [-0.15, -0.1) is 0 Å². The van der Waals surface area contributed by atoms with Crippen molar-refractivity contribution in [1.82, 2.24) is 9.80 Å². The molecule has 28 heavy (non-hydrogen) atoms. The minimum Gasteiger partial charge on any atom is -0.496 e. The van der Waals surface area contributed by atoms with Gasteiger partial charge in [0.05, 0.1) is 7.11 Å². The van der Waals surface area contributed by atoms with Gasteiger partial charge in [0.25, 0.3) is 0 Å². The lowest BCUT2D eigenvalue weighted by Crippen LogP contribution is -2.55. The van der Waals surface area contributed by atoms with E-state index in [9.17, 15) is 0 Å². The van der Waals surface area contributed by atoms with Gasteiger partial charge in [0.15, 0.2) is 0 Å². The summed E-state index contributed by atoms with van der Waals surface area (Å²) in [5.41, 5.74) is 1.43. The molecule has 3 heteroatoms. The standard InChI is InChI=1S/C25H38N2O/c1-28-25-10-6-5-9-24(25)19-13-15-26(16-14-19)23-17-21-11-12-22(18-23)27(21)20-7-3-2-4-8-20/h5-6,9-10,19-23H,2-4,7-8,11-18H2,1H3. The van der Waals surface area contributed by atoms with Gasteiger partial charge in [-0.3, -0.25) is 4.90 Å². The first-order valence-electron chi connectivity index (χ1n) is 12.0. The van der Waals surface area contributed by atoms with Crippen LogP contribution in [0.1, 0.15) is 82.1 Å². The molecule has 5 rings (SSSR count). The fourth-order valence-electron chi connectivity index (χ4n) is 7.04. The van der Waals surface area contributed by atoms with E-state index in [4.69, 9.17) is 4.74 Å². The number of hydrogen-bond donors (Lipinski definition) is 0. The molecule has 3 heterocycles. The monoisotopic (exact) mass is 382 g/mol. The molecule has 0 spiro atoms. The SMILES string of the molecule is COc1ccccc1C1CCN(C2CC3CCC(C2)N3C2CCCCC2)CC1. The van der Waals surface area contributed by atoms with Crippen molar-refractivity contribution in [2.45, 2.75) is 101 Å². The average Bonchev–Trinajstić information content (AvgIpc) is 3.03. The normalized spacial score (nSPS) is 33.2. The minimum atomic E-state index is 0.673. The van der Waals surface area contributed by atoms with Gasteiger partial charge in [-0.05, 0) is 82.0 Å². The fourth-order valence-corrected chi connectivity index (χ4v) is 7.04. The third-order valence-corrected chi connectivity index (χ3v) is 8.39. The Morgan fingerprint density at radius 3 is 2.11 bits per heavy atom. The van der Waals surface area contributed by atoms with Crippen LogP contribution in [-0.4, -0.2) is 54.2 Å². The zero-order valence-corrected chi connectivity index (χ0v) is 17.7. The third kappa shape index (κ3) is 3.61. The number of hydrogen-bond acceptors (Lipinski definition) is 3. The molecule has 1 saturated carbocycles. The van der Waals surface area contributed by atoms with E-state index in [2.05, 4.69) is 34.1 Å². The Kier molecular flexibility index (Phi) is 5.65. The van der Waals surface area contributed by atoms with Gasteiger partial charge >= 0.3 is 0 Å². The summed E-state index contributed by atoms with van der Waals surface area (Å²) in [5.74, 6) is 1.76. The lowest BCUT2D eigenvalue weighted by Gasteiger charge is -2.48. The molecule has 2 unspecified atom stereocenters. The van der Waals surface area contributed by atoms with Gasteiger partial charge in [0.1, 0.15) is 5.75 Å². The van der Waals surface area contributed by atoms with Crippen molar-refractivity contribution >= 4 is 0 Å². The molecule has 1 aliphatic carbocycles. The Balaban J connectivity index is 1.19. The second-order valence-electron chi connectivity index (χ2n) is 9.80. The number of likely N-dealkylation sites (tertiary alicyclic amines) is 1. The summed E-state index contributed by atoms with van der Waals surface area (Å²) in [6.07, 6.45) is 15.8. The zero-order chi connectivity index (χ0) is 18.9. The first-order chi connectivity index (χ1) is 13.8. The second-order valence-corrected chi connectivity index (χ2v) is 9.80. The summed E-state index contributed by atoms with van der Waals surface area (Å²) in [6, 6.07) is 12.2. The van der Waals surface area contributed by atoms with Crippen LogP contribution in [-0.2, 0) is 0 Å². The van der Waals surface area contributed by atoms with Gasteiger partial charge in [-0.2, -0.15) is 0 Å². The molecule has 3 nitrogen and oxygen atoms in total. The molecule has 2 bridgehead atoms. The molecule has 3 aliphatic heterocycles. The number of rotatable bonds is 4. The van der Waals surface area contributed by atoms with E-state index in [0.29, 0.717) is 5.92 Å². The van der Waals surface area contributed by atoms with Gasteiger partial charge < -0.3 is 9.64 Å². The van der Waals surface area contributed by atoms with E-state index >= 15 is 0 Å². The molecule has 4 fully saturated rings. The Labute approximate surface area is 171 Å². The summed E-state index contributed by atoms with van der Waals surface area (Å²) in [5, 5.41) is 0. The minimum absolute atomic E-state index is 0.673. The summed E-state index contributed by atoms with van der Waals surface area (Å²) >= 11 is 0. The highest BCUT2D eigenvalue weighted by molar-refractivity contribution is 5.36. The Bertz CT molecular complexity index is 634. The molecule has 0 aromatic heterocycles. The Morgan fingerprint density at radius 2 is 1.43 bits per heavy atom. The maximum Gasteiger partial charge on any atom is 0.122 e. The zero-order valence-electron chi connectivity index (χ0n) is 17.7. The van der Waals surface area contributed by atoms with Crippen molar-refractivity contribution in [2.75, 3.05) is 20.2 Å². The molecule has 154 valence electrons.